The topological polar surface area (TPSA) is 52.8 Å². The van der Waals surface area contributed by atoms with E-state index in [4.69, 9.17) is 14.5 Å². The predicted octanol–water partition coefficient (Wildman–Crippen LogP) is 4.48. The number of allylic oxidation sites excluding steroid dienone is 1. The van der Waals surface area contributed by atoms with Crippen LogP contribution in [0.15, 0.2) is 82.1 Å². The number of hydrogen-bond donors (Lipinski definition) is 0. The first-order chi connectivity index (χ1) is 17.6. The van der Waals surface area contributed by atoms with Crippen molar-refractivity contribution in [1.82, 2.24) is 4.57 Å². The number of nitrogens with zero attached hydrogens (tertiary/aromatic N) is 2. The number of hydrogen-bond acceptors (Lipinski definition) is 5. The van der Waals surface area contributed by atoms with Gasteiger partial charge in [-0.3, -0.25) is 9.36 Å². The maximum atomic E-state index is 14.3. The van der Waals surface area contributed by atoms with Crippen LogP contribution in [0, 0.1) is 5.82 Å². The molecule has 0 saturated carbocycles. The fraction of sp³-hybridized carbons (Fsp3) is 0.172. The summed E-state index contributed by atoms with van der Waals surface area (Å²) in [6.45, 7) is 0. The summed E-state index contributed by atoms with van der Waals surface area (Å²) in [6.07, 6.45) is 3.45. The molecule has 1 unspecified atom stereocenters. The lowest BCUT2D eigenvalue weighted by Gasteiger charge is -2.30. The molecule has 2 aliphatic rings. The van der Waals surface area contributed by atoms with Crippen LogP contribution < -0.4 is 24.4 Å². The van der Waals surface area contributed by atoms with Crippen LogP contribution in [0.4, 0.5) is 4.39 Å². The zero-order valence-corrected chi connectivity index (χ0v) is 20.6. The minimum absolute atomic E-state index is 0.145. The third-order valence-corrected chi connectivity index (χ3v) is 7.73. The number of rotatable bonds is 4. The van der Waals surface area contributed by atoms with E-state index in [-0.39, 0.29) is 11.4 Å². The average Bonchev–Trinajstić information content (AvgIpc) is 3.21. The van der Waals surface area contributed by atoms with Crippen molar-refractivity contribution in [2.24, 2.45) is 4.99 Å². The van der Waals surface area contributed by atoms with E-state index in [1.165, 1.54) is 29.0 Å². The molecule has 36 heavy (non-hydrogen) atoms. The van der Waals surface area contributed by atoms with Gasteiger partial charge in [0, 0.05) is 5.56 Å². The van der Waals surface area contributed by atoms with Crippen LogP contribution in [0.5, 0.6) is 11.5 Å². The minimum Gasteiger partial charge on any atom is -0.493 e. The number of fused-ring (bicyclic) bond motifs is 3. The van der Waals surface area contributed by atoms with Crippen LogP contribution in [0.3, 0.4) is 0 Å². The van der Waals surface area contributed by atoms with Gasteiger partial charge < -0.3 is 9.47 Å². The smallest absolute Gasteiger partial charge is 0.271 e. The molecule has 5 nitrogen and oxygen atoms in total. The number of methoxy groups -OCH3 is 2. The molecule has 0 spiro atoms. The molecule has 180 valence electrons. The van der Waals surface area contributed by atoms with Gasteiger partial charge in [0.05, 0.1) is 30.5 Å². The first kappa shape index (κ1) is 22.5. The van der Waals surface area contributed by atoms with E-state index in [9.17, 15) is 9.18 Å². The number of ether oxygens (including phenoxy) is 2. The number of halogens is 1. The van der Waals surface area contributed by atoms with Crippen LogP contribution in [0.1, 0.15) is 34.7 Å². The molecule has 6 rings (SSSR count). The Kier molecular flexibility index (Phi) is 5.57. The zero-order chi connectivity index (χ0) is 24.8. The third kappa shape index (κ3) is 3.67. The number of thiazole rings is 1. The molecule has 1 aromatic heterocycles. The molecule has 0 fully saturated rings. The highest BCUT2D eigenvalue weighted by Gasteiger charge is 2.32. The van der Waals surface area contributed by atoms with Gasteiger partial charge in [-0.1, -0.05) is 53.8 Å². The van der Waals surface area contributed by atoms with Crippen molar-refractivity contribution in [2.75, 3.05) is 14.2 Å². The Morgan fingerprint density at radius 2 is 1.83 bits per heavy atom. The summed E-state index contributed by atoms with van der Waals surface area (Å²) in [5, 5.41) is 0. The van der Waals surface area contributed by atoms with Gasteiger partial charge in [0.15, 0.2) is 16.3 Å². The standard InChI is InChI=1S/C29H23FN2O3S/c1-34-23-13-10-17(14-24(23)35-2)15-25-28(33)32-27(19-7-5-8-20(30)16-19)22-12-11-18-6-3-4-9-21(18)26(22)31-29(32)36-25/h3-10,13-16,27H,11-12H2,1-2H3/b25-15+. The summed E-state index contributed by atoms with van der Waals surface area (Å²) >= 11 is 1.34. The molecule has 1 aliphatic heterocycles. The fourth-order valence-electron chi connectivity index (χ4n) is 5.09. The second-order valence-electron chi connectivity index (χ2n) is 8.78. The van der Waals surface area contributed by atoms with E-state index >= 15 is 0 Å². The molecule has 2 heterocycles. The second kappa shape index (κ2) is 8.91. The van der Waals surface area contributed by atoms with Gasteiger partial charge >= 0.3 is 0 Å². The normalized spacial score (nSPS) is 16.6. The minimum atomic E-state index is -0.409. The summed E-state index contributed by atoms with van der Waals surface area (Å²) in [6, 6.07) is 19.9. The van der Waals surface area contributed by atoms with Crippen LogP contribution >= 0.6 is 11.3 Å². The van der Waals surface area contributed by atoms with Gasteiger partial charge in [0.2, 0.25) is 0 Å². The van der Waals surface area contributed by atoms with Gasteiger partial charge in [-0.25, -0.2) is 9.38 Å². The van der Waals surface area contributed by atoms with Gasteiger partial charge in [0.1, 0.15) is 5.82 Å². The van der Waals surface area contributed by atoms with E-state index in [0.29, 0.717) is 20.8 Å². The Labute approximate surface area is 211 Å². The van der Waals surface area contributed by atoms with Crippen molar-refractivity contribution >= 4 is 23.1 Å². The number of aryl methyl sites for hydroxylation is 1. The van der Waals surface area contributed by atoms with E-state index in [0.717, 1.165) is 40.8 Å². The largest absolute Gasteiger partial charge is 0.493 e. The summed E-state index contributed by atoms with van der Waals surface area (Å²) < 4.78 is 27.4. The van der Waals surface area contributed by atoms with Crippen LogP contribution in [0.2, 0.25) is 0 Å². The summed E-state index contributed by atoms with van der Waals surface area (Å²) in [7, 11) is 3.17. The van der Waals surface area contributed by atoms with Crippen LogP contribution in [-0.2, 0) is 6.42 Å². The van der Waals surface area contributed by atoms with Gasteiger partial charge in [-0.05, 0) is 65.4 Å². The van der Waals surface area contributed by atoms with Crippen molar-refractivity contribution in [3.63, 3.8) is 0 Å². The molecule has 0 bridgehead atoms. The molecule has 7 heteroatoms. The molecule has 0 saturated heterocycles. The van der Waals surface area contributed by atoms with Crippen molar-refractivity contribution in [3.05, 3.63) is 120 Å². The van der Waals surface area contributed by atoms with Crippen molar-refractivity contribution < 1.29 is 13.9 Å². The van der Waals surface area contributed by atoms with Crippen molar-refractivity contribution in [3.8, 4) is 11.5 Å². The number of aromatic nitrogens is 1. The second-order valence-corrected chi connectivity index (χ2v) is 9.79. The summed E-state index contributed by atoms with van der Waals surface area (Å²) in [5.74, 6) is 0.882. The molecule has 0 radical (unpaired) electrons. The SMILES string of the molecule is COc1ccc(/C=c2/sc3n(c2=O)C(c2cccc(F)c2)C2=C(N=3)c3ccccc3CC2)cc1OC. The quantitative estimate of drug-likeness (QED) is 0.417. The van der Waals surface area contributed by atoms with Crippen LogP contribution in [-0.4, -0.2) is 18.8 Å². The molecular formula is C29H23FN2O3S. The van der Waals surface area contributed by atoms with E-state index in [1.807, 2.05) is 42.5 Å². The van der Waals surface area contributed by atoms with Gasteiger partial charge in [-0.2, -0.15) is 0 Å². The summed E-state index contributed by atoms with van der Waals surface area (Å²) in [4.78, 5) is 19.4. The highest BCUT2D eigenvalue weighted by molar-refractivity contribution is 7.07. The van der Waals surface area contributed by atoms with Crippen molar-refractivity contribution in [1.29, 1.82) is 0 Å². The van der Waals surface area contributed by atoms with E-state index in [1.54, 1.807) is 24.9 Å². The first-order valence-electron chi connectivity index (χ1n) is 11.7. The molecule has 4 aromatic rings. The third-order valence-electron chi connectivity index (χ3n) is 6.74. The lowest BCUT2D eigenvalue weighted by atomic mass is 9.83. The highest BCUT2D eigenvalue weighted by Crippen LogP contribution is 2.41. The van der Waals surface area contributed by atoms with E-state index < -0.39 is 6.04 Å². The average molecular weight is 499 g/mol. The number of benzene rings is 3. The Hall–Kier alpha value is -3.97. The zero-order valence-electron chi connectivity index (χ0n) is 19.8. The Balaban J connectivity index is 1.59. The first-order valence-corrected chi connectivity index (χ1v) is 12.5. The molecule has 1 aliphatic carbocycles. The highest BCUT2D eigenvalue weighted by atomic mass is 32.1. The monoisotopic (exact) mass is 498 g/mol. The molecular weight excluding hydrogens is 475 g/mol. The molecule has 0 N–H and O–H groups in total. The Bertz CT molecular complexity index is 1720. The Morgan fingerprint density at radius 3 is 2.64 bits per heavy atom. The van der Waals surface area contributed by atoms with E-state index in [2.05, 4.69) is 12.1 Å². The Morgan fingerprint density at radius 1 is 1.00 bits per heavy atom. The fourth-order valence-corrected chi connectivity index (χ4v) is 6.09. The maximum Gasteiger partial charge on any atom is 0.271 e. The lowest BCUT2D eigenvalue weighted by Crippen LogP contribution is -2.38. The lowest BCUT2D eigenvalue weighted by molar-refractivity contribution is 0.355. The van der Waals surface area contributed by atoms with Crippen LogP contribution in [0.25, 0.3) is 11.8 Å². The predicted molar refractivity (Wildman–Crippen MR) is 139 cm³/mol. The van der Waals surface area contributed by atoms with Gasteiger partial charge in [-0.15, -0.1) is 0 Å². The van der Waals surface area contributed by atoms with Crippen molar-refractivity contribution in [2.45, 2.75) is 18.9 Å². The summed E-state index contributed by atoms with van der Waals surface area (Å²) in [5.41, 5.74) is 5.67. The molecule has 1 atom stereocenters. The van der Waals surface area contributed by atoms with Gasteiger partial charge in [0.25, 0.3) is 5.56 Å². The molecule has 3 aromatic carbocycles. The molecule has 0 amide bonds. The maximum absolute atomic E-state index is 14.3.